The summed E-state index contributed by atoms with van der Waals surface area (Å²) in [7, 11) is 0. The molecule has 0 saturated heterocycles. The predicted molar refractivity (Wildman–Crippen MR) is 56.3 cm³/mol. The van der Waals surface area contributed by atoms with Crippen molar-refractivity contribution in [2.45, 2.75) is 25.3 Å². The van der Waals surface area contributed by atoms with E-state index in [-0.39, 0.29) is 12.0 Å². The van der Waals surface area contributed by atoms with Crippen LogP contribution in [0.5, 0.6) is 0 Å². The Morgan fingerprint density at radius 3 is 2.46 bits per heavy atom. The molecule has 2 unspecified atom stereocenters. The molecule has 0 spiro atoms. The maximum Gasteiger partial charge on any atom is 0.0731 e. The molecule has 0 amide bonds. The molecule has 2 N–H and O–H groups in total. The van der Waals surface area contributed by atoms with Crippen molar-refractivity contribution in [3.63, 3.8) is 0 Å². The van der Waals surface area contributed by atoms with Gasteiger partial charge in [0.05, 0.1) is 6.04 Å². The van der Waals surface area contributed by atoms with Gasteiger partial charge in [-0.15, -0.1) is 6.42 Å². The molecule has 13 heavy (non-hydrogen) atoms. The number of hydrogen-bond acceptors (Lipinski definition) is 1. The van der Waals surface area contributed by atoms with Crippen molar-refractivity contribution in [1.29, 1.82) is 0 Å². The zero-order valence-electron chi connectivity index (χ0n) is 7.90. The smallest absolute Gasteiger partial charge is 0.0731 e. The van der Waals surface area contributed by atoms with Gasteiger partial charge in [-0.05, 0) is 12.0 Å². The molecule has 1 rings (SSSR count). The van der Waals surface area contributed by atoms with Gasteiger partial charge >= 0.3 is 0 Å². The van der Waals surface area contributed by atoms with Crippen LogP contribution in [0.2, 0.25) is 0 Å². The summed E-state index contributed by atoms with van der Waals surface area (Å²) >= 11 is 0. The highest BCUT2D eigenvalue weighted by molar-refractivity contribution is 5.24. The highest BCUT2D eigenvalue weighted by atomic mass is 14.6. The zero-order chi connectivity index (χ0) is 9.68. The SMILES string of the molecule is C#CC(N)C(CC)c1ccccc1. The first-order valence-corrected chi connectivity index (χ1v) is 4.56. The molecule has 68 valence electrons. The van der Waals surface area contributed by atoms with Crippen molar-refractivity contribution < 1.29 is 0 Å². The van der Waals surface area contributed by atoms with Gasteiger partial charge in [-0.1, -0.05) is 43.2 Å². The van der Waals surface area contributed by atoms with Crippen LogP contribution in [0.3, 0.4) is 0 Å². The quantitative estimate of drug-likeness (QED) is 0.696. The fourth-order valence-corrected chi connectivity index (χ4v) is 1.51. The van der Waals surface area contributed by atoms with E-state index in [1.807, 2.05) is 18.2 Å². The Bertz CT molecular complexity index is 284. The van der Waals surface area contributed by atoms with Crippen molar-refractivity contribution in [1.82, 2.24) is 0 Å². The van der Waals surface area contributed by atoms with Gasteiger partial charge in [0, 0.05) is 5.92 Å². The number of benzene rings is 1. The second-order valence-electron chi connectivity index (χ2n) is 3.12. The van der Waals surface area contributed by atoms with Gasteiger partial charge in [0.1, 0.15) is 0 Å². The summed E-state index contributed by atoms with van der Waals surface area (Å²) in [5.74, 6) is 2.88. The molecule has 0 fully saturated rings. The summed E-state index contributed by atoms with van der Waals surface area (Å²) in [6.45, 7) is 2.11. The van der Waals surface area contributed by atoms with Gasteiger partial charge in [0.2, 0.25) is 0 Å². The van der Waals surface area contributed by atoms with E-state index in [0.717, 1.165) is 6.42 Å². The lowest BCUT2D eigenvalue weighted by Gasteiger charge is -2.18. The molecule has 0 aliphatic heterocycles. The van der Waals surface area contributed by atoms with Crippen LogP contribution < -0.4 is 5.73 Å². The number of rotatable bonds is 3. The Hall–Kier alpha value is -1.26. The summed E-state index contributed by atoms with van der Waals surface area (Å²) in [6, 6.07) is 10.0. The Morgan fingerprint density at radius 1 is 1.38 bits per heavy atom. The molecule has 0 bridgehead atoms. The van der Waals surface area contributed by atoms with E-state index in [9.17, 15) is 0 Å². The van der Waals surface area contributed by atoms with Crippen LogP contribution in [-0.2, 0) is 0 Å². The van der Waals surface area contributed by atoms with E-state index >= 15 is 0 Å². The van der Waals surface area contributed by atoms with Gasteiger partial charge in [0.25, 0.3) is 0 Å². The lowest BCUT2D eigenvalue weighted by atomic mass is 9.90. The normalized spacial score (nSPS) is 14.5. The Balaban J connectivity index is 2.86. The standard InChI is InChI=1S/C12H15N/c1-3-11(12(13)4-2)10-8-6-5-7-9-10/h2,5-9,11-12H,3,13H2,1H3. The second-order valence-corrected chi connectivity index (χ2v) is 3.12. The van der Waals surface area contributed by atoms with E-state index in [1.165, 1.54) is 5.56 Å². The van der Waals surface area contributed by atoms with Crippen molar-refractivity contribution in [2.24, 2.45) is 5.73 Å². The average Bonchev–Trinajstić information content (AvgIpc) is 2.20. The van der Waals surface area contributed by atoms with Crippen LogP contribution in [0.15, 0.2) is 30.3 Å². The van der Waals surface area contributed by atoms with Crippen LogP contribution in [0.4, 0.5) is 0 Å². The molecular weight excluding hydrogens is 158 g/mol. The lowest BCUT2D eigenvalue weighted by Crippen LogP contribution is -2.26. The van der Waals surface area contributed by atoms with Gasteiger partial charge in [-0.25, -0.2) is 0 Å². The van der Waals surface area contributed by atoms with Gasteiger partial charge < -0.3 is 5.73 Å². The fourth-order valence-electron chi connectivity index (χ4n) is 1.51. The molecule has 1 heteroatoms. The molecule has 0 radical (unpaired) electrons. The third-order valence-corrected chi connectivity index (χ3v) is 2.29. The number of nitrogens with two attached hydrogens (primary N) is 1. The summed E-state index contributed by atoms with van der Waals surface area (Å²) in [5.41, 5.74) is 7.06. The Labute approximate surface area is 80.0 Å². The monoisotopic (exact) mass is 173 g/mol. The number of terminal acetylenes is 1. The molecule has 1 aromatic rings. The van der Waals surface area contributed by atoms with Crippen molar-refractivity contribution >= 4 is 0 Å². The largest absolute Gasteiger partial charge is 0.317 e. The topological polar surface area (TPSA) is 26.0 Å². The molecule has 0 aromatic heterocycles. The number of hydrogen-bond donors (Lipinski definition) is 1. The highest BCUT2D eigenvalue weighted by Gasteiger charge is 2.14. The molecule has 2 atom stereocenters. The minimum Gasteiger partial charge on any atom is -0.317 e. The van der Waals surface area contributed by atoms with Crippen LogP contribution in [0, 0.1) is 12.3 Å². The minimum absolute atomic E-state index is 0.174. The summed E-state index contributed by atoms with van der Waals surface area (Å²) in [6.07, 6.45) is 6.29. The summed E-state index contributed by atoms with van der Waals surface area (Å²) < 4.78 is 0. The first-order valence-electron chi connectivity index (χ1n) is 4.56. The van der Waals surface area contributed by atoms with Crippen LogP contribution in [0.25, 0.3) is 0 Å². The second kappa shape index (κ2) is 4.69. The Kier molecular flexibility index (Phi) is 3.54. The van der Waals surface area contributed by atoms with E-state index in [2.05, 4.69) is 25.0 Å². The molecule has 0 aliphatic rings. The highest BCUT2D eigenvalue weighted by Crippen LogP contribution is 2.21. The molecule has 0 aliphatic carbocycles. The summed E-state index contributed by atoms with van der Waals surface area (Å²) in [5, 5.41) is 0. The first-order chi connectivity index (χ1) is 6.29. The van der Waals surface area contributed by atoms with Crippen molar-refractivity contribution in [2.75, 3.05) is 0 Å². The molecule has 1 nitrogen and oxygen atoms in total. The van der Waals surface area contributed by atoms with Gasteiger partial charge in [-0.3, -0.25) is 0 Å². The van der Waals surface area contributed by atoms with Crippen molar-refractivity contribution in [3.05, 3.63) is 35.9 Å². The maximum atomic E-state index is 5.82. The van der Waals surface area contributed by atoms with Gasteiger partial charge in [0.15, 0.2) is 0 Å². The maximum absolute atomic E-state index is 5.82. The van der Waals surface area contributed by atoms with E-state index in [4.69, 9.17) is 12.2 Å². The lowest BCUT2D eigenvalue weighted by molar-refractivity contribution is 0.605. The average molecular weight is 173 g/mol. The zero-order valence-corrected chi connectivity index (χ0v) is 7.90. The first kappa shape index (κ1) is 9.83. The third kappa shape index (κ3) is 2.34. The van der Waals surface area contributed by atoms with E-state index in [0.29, 0.717) is 0 Å². The van der Waals surface area contributed by atoms with Gasteiger partial charge in [-0.2, -0.15) is 0 Å². The summed E-state index contributed by atoms with van der Waals surface area (Å²) in [4.78, 5) is 0. The minimum atomic E-state index is -0.174. The fraction of sp³-hybridized carbons (Fsp3) is 0.333. The van der Waals surface area contributed by atoms with Crippen LogP contribution in [0.1, 0.15) is 24.8 Å². The predicted octanol–water partition coefficient (Wildman–Crippen LogP) is 2.14. The van der Waals surface area contributed by atoms with Crippen LogP contribution >= 0.6 is 0 Å². The van der Waals surface area contributed by atoms with E-state index < -0.39 is 0 Å². The molecular formula is C12H15N. The van der Waals surface area contributed by atoms with Crippen LogP contribution in [-0.4, -0.2) is 6.04 Å². The van der Waals surface area contributed by atoms with E-state index in [1.54, 1.807) is 0 Å². The Morgan fingerprint density at radius 2 is 2.00 bits per heavy atom. The molecule has 1 aromatic carbocycles. The molecule has 0 saturated carbocycles. The van der Waals surface area contributed by atoms with Crippen molar-refractivity contribution in [3.8, 4) is 12.3 Å². The third-order valence-electron chi connectivity index (χ3n) is 2.29. The molecule has 0 heterocycles.